The Morgan fingerprint density at radius 2 is 2.05 bits per heavy atom. The first-order chi connectivity index (χ1) is 10.1. The Bertz CT molecular complexity index is 766. The van der Waals surface area contributed by atoms with Gasteiger partial charge in [-0.1, -0.05) is 6.07 Å². The highest BCUT2D eigenvalue weighted by Crippen LogP contribution is 2.18. The molecule has 0 radical (unpaired) electrons. The van der Waals surface area contributed by atoms with Gasteiger partial charge in [0.25, 0.3) is 0 Å². The molecule has 0 saturated carbocycles. The molecule has 0 fully saturated rings. The minimum Gasteiger partial charge on any atom is -0.486 e. The molecular formula is C15H17N5O. The first kappa shape index (κ1) is 13.2. The van der Waals surface area contributed by atoms with E-state index in [2.05, 4.69) is 15.0 Å². The quantitative estimate of drug-likeness (QED) is 0.717. The number of nitrogen functional groups attached to an aromatic ring is 1. The third-order valence-corrected chi connectivity index (χ3v) is 3.07. The molecule has 2 aromatic heterocycles. The fraction of sp³-hybridized carbons (Fsp3) is 0.200. The summed E-state index contributed by atoms with van der Waals surface area (Å²) in [6.07, 6.45) is 0. The second kappa shape index (κ2) is 5.32. The van der Waals surface area contributed by atoms with Gasteiger partial charge in [-0.2, -0.15) is 0 Å². The van der Waals surface area contributed by atoms with E-state index in [0.717, 1.165) is 22.9 Å². The van der Waals surface area contributed by atoms with Crippen molar-refractivity contribution in [3.05, 3.63) is 42.2 Å². The maximum atomic E-state index is 5.72. The number of nitrogens with one attached hydrogen (secondary N) is 1. The molecule has 3 aromatic rings. The van der Waals surface area contributed by atoms with Crippen molar-refractivity contribution in [1.29, 1.82) is 0 Å². The number of benzene rings is 1. The van der Waals surface area contributed by atoms with Gasteiger partial charge in [0.1, 0.15) is 24.0 Å². The van der Waals surface area contributed by atoms with Gasteiger partial charge in [0.2, 0.25) is 0 Å². The van der Waals surface area contributed by atoms with Crippen LogP contribution in [-0.4, -0.2) is 29.0 Å². The van der Waals surface area contributed by atoms with E-state index in [9.17, 15) is 0 Å². The van der Waals surface area contributed by atoms with Crippen molar-refractivity contribution in [2.75, 3.05) is 24.7 Å². The summed E-state index contributed by atoms with van der Waals surface area (Å²) in [6.45, 7) is 0.344. The van der Waals surface area contributed by atoms with Gasteiger partial charge in [0, 0.05) is 25.8 Å². The number of aromatic amines is 1. The number of pyridine rings is 1. The van der Waals surface area contributed by atoms with Crippen LogP contribution in [0.3, 0.4) is 0 Å². The van der Waals surface area contributed by atoms with E-state index >= 15 is 0 Å². The van der Waals surface area contributed by atoms with Crippen LogP contribution in [0.5, 0.6) is 5.75 Å². The number of nitrogens with zero attached hydrogens (tertiary/aromatic N) is 3. The Labute approximate surface area is 122 Å². The highest BCUT2D eigenvalue weighted by Gasteiger charge is 2.07. The topological polar surface area (TPSA) is 80.1 Å². The summed E-state index contributed by atoms with van der Waals surface area (Å²) in [7, 11) is 3.90. The number of ether oxygens (including phenoxy) is 1. The third kappa shape index (κ3) is 2.89. The van der Waals surface area contributed by atoms with Crippen molar-refractivity contribution in [1.82, 2.24) is 15.0 Å². The normalized spacial score (nSPS) is 10.8. The Hall–Kier alpha value is -2.76. The lowest BCUT2D eigenvalue weighted by molar-refractivity contribution is 0.297. The molecule has 0 aliphatic rings. The highest BCUT2D eigenvalue weighted by molar-refractivity contribution is 5.73. The monoisotopic (exact) mass is 283 g/mol. The SMILES string of the molecule is CN(C)c1ccc2[nH]c(COc3cccc(N)c3)nc2n1. The zero-order valence-corrected chi connectivity index (χ0v) is 12.0. The minimum absolute atomic E-state index is 0.344. The number of H-pyrrole nitrogens is 1. The largest absolute Gasteiger partial charge is 0.486 e. The van der Waals surface area contributed by atoms with Crippen molar-refractivity contribution in [3.8, 4) is 5.75 Å². The van der Waals surface area contributed by atoms with Crippen LogP contribution in [0.2, 0.25) is 0 Å². The Kier molecular flexibility index (Phi) is 3.35. The molecule has 0 amide bonds. The van der Waals surface area contributed by atoms with Crippen molar-refractivity contribution < 1.29 is 4.74 Å². The van der Waals surface area contributed by atoms with E-state index in [4.69, 9.17) is 10.5 Å². The maximum absolute atomic E-state index is 5.72. The molecule has 3 N–H and O–H groups in total. The fourth-order valence-corrected chi connectivity index (χ4v) is 2.01. The number of anilines is 2. The lowest BCUT2D eigenvalue weighted by Crippen LogP contribution is -2.10. The maximum Gasteiger partial charge on any atom is 0.179 e. The summed E-state index contributed by atoms with van der Waals surface area (Å²) < 4.78 is 5.67. The first-order valence-electron chi connectivity index (χ1n) is 6.63. The molecule has 0 aliphatic heterocycles. The number of imidazole rings is 1. The Morgan fingerprint density at radius 1 is 1.19 bits per heavy atom. The van der Waals surface area contributed by atoms with Crippen LogP contribution in [-0.2, 0) is 6.61 Å². The summed E-state index contributed by atoms with van der Waals surface area (Å²) in [5.74, 6) is 2.32. The van der Waals surface area contributed by atoms with E-state index in [-0.39, 0.29) is 0 Å². The van der Waals surface area contributed by atoms with E-state index in [1.54, 1.807) is 6.07 Å². The van der Waals surface area contributed by atoms with Crippen LogP contribution in [0.4, 0.5) is 11.5 Å². The molecule has 2 heterocycles. The molecule has 6 nitrogen and oxygen atoms in total. The van der Waals surface area contributed by atoms with Gasteiger partial charge < -0.3 is 20.4 Å². The standard InChI is InChI=1S/C15H17N5O/c1-20(2)14-7-6-12-15(19-14)18-13(17-12)9-21-11-5-3-4-10(16)8-11/h3-8H,9,16H2,1-2H3,(H,17,18,19). The van der Waals surface area contributed by atoms with Crippen molar-refractivity contribution >= 4 is 22.7 Å². The summed E-state index contributed by atoms with van der Waals surface area (Å²) in [5.41, 5.74) is 7.97. The molecule has 6 heteroatoms. The predicted octanol–water partition coefficient (Wildman–Crippen LogP) is 2.19. The lowest BCUT2D eigenvalue weighted by atomic mass is 10.3. The van der Waals surface area contributed by atoms with Gasteiger partial charge in [-0.05, 0) is 24.3 Å². The van der Waals surface area contributed by atoms with Crippen LogP contribution in [0, 0.1) is 0 Å². The average molecular weight is 283 g/mol. The summed E-state index contributed by atoms with van der Waals surface area (Å²) in [4.78, 5) is 14.1. The summed E-state index contributed by atoms with van der Waals surface area (Å²) in [6, 6.07) is 11.2. The molecule has 108 valence electrons. The van der Waals surface area contributed by atoms with E-state index in [1.165, 1.54) is 0 Å². The van der Waals surface area contributed by atoms with Crippen LogP contribution in [0.25, 0.3) is 11.2 Å². The van der Waals surface area contributed by atoms with Crippen LogP contribution in [0.15, 0.2) is 36.4 Å². The number of nitrogens with two attached hydrogens (primary N) is 1. The molecule has 0 unspecified atom stereocenters. The molecule has 1 aromatic carbocycles. The lowest BCUT2D eigenvalue weighted by Gasteiger charge is -2.09. The second-order valence-corrected chi connectivity index (χ2v) is 4.98. The molecule has 0 saturated heterocycles. The van der Waals surface area contributed by atoms with Crippen molar-refractivity contribution in [3.63, 3.8) is 0 Å². The molecule has 3 rings (SSSR count). The third-order valence-electron chi connectivity index (χ3n) is 3.07. The van der Waals surface area contributed by atoms with Crippen LogP contribution in [0.1, 0.15) is 5.82 Å². The van der Waals surface area contributed by atoms with Crippen LogP contribution >= 0.6 is 0 Å². The molecule has 0 spiro atoms. The van der Waals surface area contributed by atoms with Gasteiger partial charge in [-0.3, -0.25) is 0 Å². The van der Waals surface area contributed by atoms with E-state index < -0.39 is 0 Å². The molecule has 21 heavy (non-hydrogen) atoms. The number of hydrogen-bond donors (Lipinski definition) is 2. The van der Waals surface area contributed by atoms with Gasteiger partial charge >= 0.3 is 0 Å². The number of aromatic nitrogens is 3. The number of fused-ring (bicyclic) bond motifs is 1. The minimum atomic E-state index is 0.344. The van der Waals surface area contributed by atoms with Gasteiger partial charge in [0.15, 0.2) is 5.65 Å². The molecular weight excluding hydrogens is 266 g/mol. The van der Waals surface area contributed by atoms with Crippen molar-refractivity contribution in [2.24, 2.45) is 0 Å². The van der Waals surface area contributed by atoms with Gasteiger partial charge in [0.05, 0.1) is 5.52 Å². The zero-order valence-electron chi connectivity index (χ0n) is 12.0. The Morgan fingerprint density at radius 3 is 2.81 bits per heavy atom. The summed E-state index contributed by atoms with van der Waals surface area (Å²) >= 11 is 0. The summed E-state index contributed by atoms with van der Waals surface area (Å²) in [5, 5.41) is 0. The first-order valence-corrected chi connectivity index (χ1v) is 6.63. The number of hydrogen-bond acceptors (Lipinski definition) is 5. The molecule has 0 aliphatic carbocycles. The van der Waals surface area contributed by atoms with E-state index in [0.29, 0.717) is 17.9 Å². The highest BCUT2D eigenvalue weighted by atomic mass is 16.5. The van der Waals surface area contributed by atoms with Crippen LogP contribution < -0.4 is 15.4 Å². The smallest absolute Gasteiger partial charge is 0.179 e. The van der Waals surface area contributed by atoms with Gasteiger partial charge in [-0.25, -0.2) is 9.97 Å². The predicted molar refractivity (Wildman–Crippen MR) is 83.4 cm³/mol. The second-order valence-electron chi connectivity index (χ2n) is 4.98. The number of rotatable bonds is 4. The van der Waals surface area contributed by atoms with Crippen molar-refractivity contribution in [2.45, 2.75) is 6.61 Å². The molecule has 0 bridgehead atoms. The van der Waals surface area contributed by atoms with E-state index in [1.807, 2.05) is 49.3 Å². The van der Waals surface area contributed by atoms with Gasteiger partial charge in [-0.15, -0.1) is 0 Å². The fourth-order valence-electron chi connectivity index (χ4n) is 2.01. The average Bonchev–Trinajstić information content (AvgIpc) is 2.87. The Balaban J connectivity index is 1.78. The zero-order chi connectivity index (χ0) is 14.8. The molecule has 0 atom stereocenters.